The molecule has 2 N–H and O–H groups in total. The van der Waals surface area contributed by atoms with Crippen LogP contribution in [0.15, 0.2) is 83.8 Å². The molecule has 0 aliphatic heterocycles. The molecular formula is C24H20N4O. The number of pyridine rings is 2. The highest BCUT2D eigenvalue weighted by Gasteiger charge is 2.17. The van der Waals surface area contributed by atoms with Gasteiger partial charge in [-0.05, 0) is 48.2 Å². The molecule has 5 aromatic rings. The van der Waals surface area contributed by atoms with Crippen LogP contribution in [0.4, 0.5) is 5.82 Å². The zero-order valence-corrected chi connectivity index (χ0v) is 16.0. The first-order valence-electron chi connectivity index (χ1n) is 9.58. The number of hydrogen-bond acceptors (Lipinski definition) is 3. The third-order valence-electron chi connectivity index (χ3n) is 5.09. The summed E-state index contributed by atoms with van der Waals surface area (Å²) in [5.74, 6) is 0.807. The first-order chi connectivity index (χ1) is 14.2. The van der Waals surface area contributed by atoms with Gasteiger partial charge in [-0.15, -0.1) is 0 Å². The lowest BCUT2D eigenvalue weighted by atomic mass is 10.1. The van der Waals surface area contributed by atoms with Crippen molar-refractivity contribution in [2.75, 3.05) is 5.32 Å². The molecule has 0 unspecified atom stereocenters. The second-order valence-corrected chi connectivity index (χ2v) is 7.18. The van der Waals surface area contributed by atoms with E-state index in [2.05, 4.69) is 28.5 Å². The van der Waals surface area contributed by atoms with Crippen molar-refractivity contribution < 1.29 is 0 Å². The maximum Gasteiger partial charge on any atom is 0.258 e. The van der Waals surface area contributed by atoms with Crippen molar-refractivity contribution in [2.45, 2.75) is 13.5 Å². The predicted molar refractivity (Wildman–Crippen MR) is 117 cm³/mol. The van der Waals surface area contributed by atoms with Crippen molar-refractivity contribution in [3.63, 3.8) is 0 Å². The number of imidazole rings is 1. The Balaban J connectivity index is 1.67. The Morgan fingerprint density at radius 3 is 2.69 bits per heavy atom. The molecule has 0 saturated heterocycles. The van der Waals surface area contributed by atoms with Crippen molar-refractivity contribution >= 4 is 22.4 Å². The summed E-state index contributed by atoms with van der Waals surface area (Å²) >= 11 is 0. The first kappa shape index (κ1) is 17.3. The highest BCUT2D eigenvalue weighted by Crippen LogP contribution is 2.28. The molecule has 29 heavy (non-hydrogen) atoms. The van der Waals surface area contributed by atoms with E-state index >= 15 is 0 Å². The van der Waals surface area contributed by atoms with Crippen molar-refractivity contribution in [2.24, 2.45) is 0 Å². The average Bonchev–Trinajstić information content (AvgIpc) is 3.11. The minimum Gasteiger partial charge on any atom is -0.365 e. The van der Waals surface area contributed by atoms with Crippen molar-refractivity contribution in [3.05, 3.63) is 100 Å². The van der Waals surface area contributed by atoms with E-state index in [-0.39, 0.29) is 5.56 Å². The Labute approximate surface area is 167 Å². The lowest BCUT2D eigenvalue weighted by Gasteiger charge is -2.09. The van der Waals surface area contributed by atoms with Crippen LogP contribution in [-0.2, 0) is 6.54 Å². The number of H-pyrrole nitrogens is 1. The van der Waals surface area contributed by atoms with E-state index in [1.807, 2.05) is 72.1 Å². The summed E-state index contributed by atoms with van der Waals surface area (Å²) < 4.78 is 1.98. The van der Waals surface area contributed by atoms with Crippen LogP contribution < -0.4 is 10.9 Å². The fraction of sp³-hybridized carbons (Fsp3) is 0.0833. The molecule has 142 valence electrons. The monoisotopic (exact) mass is 380 g/mol. The minimum atomic E-state index is -0.146. The van der Waals surface area contributed by atoms with Gasteiger partial charge in [0.05, 0.1) is 5.56 Å². The molecule has 5 nitrogen and oxygen atoms in total. The Hall–Kier alpha value is -3.86. The van der Waals surface area contributed by atoms with Gasteiger partial charge in [0.2, 0.25) is 0 Å². The second kappa shape index (κ2) is 6.95. The van der Waals surface area contributed by atoms with E-state index < -0.39 is 0 Å². The summed E-state index contributed by atoms with van der Waals surface area (Å²) in [6.07, 6.45) is 1.96. The van der Waals surface area contributed by atoms with E-state index in [4.69, 9.17) is 4.98 Å². The Kier molecular flexibility index (Phi) is 4.13. The molecule has 3 aromatic heterocycles. The number of nitrogens with zero attached hydrogens (tertiary/aromatic N) is 2. The van der Waals surface area contributed by atoms with E-state index in [9.17, 15) is 4.79 Å². The molecule has 0 bridgehead atoms. The van der Waals surface area contributed by atoms with Crippen molar-refractivity contribution in [3.8, 4) is 11.3 Å². The van der Waals surface area contributed by atoms with Gasteiger partial charge in [0, 0.05) is 18.3 Å². The molecule has 5 rings (SSSR count). The van der Waals surface area contributed by atoms with Gasteiger partial charge < -0.3 is 10.3 Å². The molecule has 0 radical (unpaired) electrons. The Bertz CT molecular complexity index is 1380. The van der Waals surface area contributed by atoms with Gasteiger partial charge in [-0.25, -0.2) is 4.98 Å². The van der Waals surface area contributed by atoms with Crippen LogP contribution in [0.2, 0.25) is 0 Å². The number of fused-ring (bicyclic) bond motifs is 2. The molecule has 5 heteroatoms. The van der Waals surface area contributed by atoms with Crippen LogP contribution in [0, 0.1) is 6.92 Å². The van der Waals surface area contributed by atoms with Crippen molar-refractivity contribution in [1.82, 2.24) is 14.4 Å². The smallest absolute Gasteiger partial charge is 0.258 e. The fourth-order valence-corrected chi connectivity index (χ4v) is 3.64. The van der Waals surface area contributed by atoms with Gasteiger partial charge in [-0.2, -0.15) is 0 Å². The van der Waals surface area contributed by atoms with Crippen LogP contribution in [0.1, 0.15) is 11.1 Å². The molecule has 0 amide bonds. The Morgan fingerprint density at radius 1 is 1.00 bits per heavy atom. The van der Waals surface area contributed by atoms with Crippen LogP contribution in [0.3, 0.4) is 0 Å². The van der Waals surface area contributed by atoms with E-state index in [0.29, 0.717) is 17.8 Å². The minimum absolute atomic E-state index is 0.146. The number of aryl methyl sites for hydroxylation is 1. The van der Waals surface area contributed by atoms with Crippen LogP contribution >= 0.6 is 0 Å². The number of anilines is 1. The normalized spacial score (nSPS) is 11.2. The molecular weight excluding hydrogens is 360 g/mol. The number of hydrogen-bond donors (Lipinski definition) is 2. The van der Waals surface area contributed by atoms with E-state index in [0.717, 1.165) is 33.5 Å². The van der Waals surface area contributed by atoms with E-state index in [1.165, 1.54) is 0 Å². The third-order valence-corrected chi connectivity index (χ3v) is 5.09. The summed E-state index contributed by atoms with van der Waals surface area (Å²) in [7, 11) is 0. The van der Waals surface area contributed by atoms with Gasteiger partial charge in [-0.1, -0.05) is 48.0 Å². The molecule has 0 aliphatic rings. The average molecular weight is 380 g/mol. The maximum absolute atomic E-state index is 12.9. The summed E-state index contributed by atoms with van der Waals surface area (Å²) in [5, 5.41) is 4.48. The number of aromatic amines is 1. The van der Waals surface area contributed by atoms with Gasteiger partial charge in [0.25, 0.3) is 5.56 Å². The SMILES string of the molecule is Cc1ccc2[nH]c(=O)c(-c3nc4ccccn4c3NCc3ccccc3)cc2c1. The molecule has 0 aliphatic carbocycles. The highest BCUT2D eigenvalue weighted by molar-refractivity contribution is 5.86. The molecule has 0 fully saturated rings. The van der Waals surface area contributed by atoms with Crippen LogP contribution in [0.25, 0.3) is 27.8 Å². The lowest BCUT2D eigenvalue weighted by Crippen LogP contribution is -2.11. The molecule has 3 heterocycles. The second-order valence-electron chi connectivity index (χ2n) is 7.18. The first-order valence-corrected chi connectivity index (χ1v) is 9.58. The van der Waals surface area contributed by atoms with Gasteiger partial charge in [0.15, 0.2) is 0 Å². The van der Waals surface area contributed by atoms with Crippen molar-refractivity contribution in [1.29, 1.82) is 0 Å². The van der Waals surface area contributed by atoms with Gasteiger partial charge in [0.1, 0.15) is 17.2 Å². The highest BCUT2D eigenvalue weighted by atomic mass is 16.1. The topological polar surface area (TPSA) is 62.2 Å². The molecule has 0 spiro atoms. The fourth-order valence-electron chi connectivity index (χ4n) is 3.64. The van der Waals surface area contributed by atoms with Gasteiger partial charge >= 0.3 is 0 Å². The zero-order chi connectivity index (χ0) is 19.8. The number of rotatable bonds is 4. The largest absolute Gasteiger partial charge is 0.365 e. The number of benzene rings is 2. The number of nitrogens with one attached hydrogen (secondary N) is 2. The molecule has 0 saturated carbocycles. The summed E-state index contributed by atoms with van der Waals surface area (Å²) in [6, 6.07) is 24.0. The van der Waals surface area contributed by atoms with Gasteiger partial charge in [-0.3, -0.25) is 9.20 Å². The maximum atomic E-state index is 12.9. The summed E-state index contributed by atoms with van der Waals surface area (Å²) in [4.78, 5) is 20.7. The van der Waals surface area contributed by atoms with Crippen LogP contribution in [0.5, 0.6) is 0 Å². The predicted octanol–water partition coefficient (Wildman–Crippen LogP) is 4.76. The Morgan fingerprint density at radius 2 is 1.83 bits per heavy atom. The number of aromatic nitrogens is 3. The standard InChI is InChI=1S/C24H20N4O/c1-16-10-11-20-18(13-16)14-19(24(29)26-20)22-23(25-15-17-7-3-2-4-8-17)28-12-6-5-9-21(28)27-22/h2-14,25H,15H2,1H3,(H,26,29). The molecule has 0 atom stereocenters. The lowest BCUT2D eigenvalue weighted by molar-refractivity contribution is 1.08. The quantitative estimate of drug-likeness (QED) is 0.472. The van der Waals surface area contributed by atoms with Crippen LogP contribution in [-0.4, -0.2) is 14.4 Å². The summed E-state index contributed by atoms with van der Waals surface area (Å²) in [5.41, 5.74) is 4.99. The zero-order valence-electron chi connectivity index (χ0n) is 16.0. The van der Waals surface area contributed by atoms with E-state index in [1.54, 1.807) is 0 Å². The molecule has 2 aromatic carbocycles. The summed E-state index contributed by atoms with van der Waals surface area (Å²) in [6.45, 7) is 2.68. The third kappa shape index (κ3) is 3.17.